The summed E-state index contributed by atoms with van der Waals surface area (Å²) in [5, 5.41) is 3.26. The maximum absolute atomic E-state index is 14.2. The Labute approximate surface area is 263 Å². The molecule has 2 aromatic rings. The van der Waals surface area contributed by atoms with Gasteiger partial charge in [0.25, 0.3) is 0 Å². The number of amides is 1. The third-order valence-electron chi connectivity index (χ3n) is 9.81. The van der Waals surface area contributed by atoms with Gasteiger partial charge in [0.15, 0.2) is 0 Å². The number of carbonyl (C=O) groups is 1. The highest BCUT2D eigenvalue weighted by Gasteiger charge is 2.39. The fourth-order valence-corrected chi connectivity index (χ4v) is 9.32. The Kier molecular flexibility index (Phi) is 10.4. The van der Waals surface area contributed by atoms with Crippen LogP contribution in [0.4, 0.5) is 0 Å². The first-order chi connectivity index (χ1) is 21.0. The minimum Gasteiger partial charge on any atom is -0.497 e. The van der Waals surface area contributed by atoms with Crippen LogP contribution in [-0.4, -0.2) is 104 Å². The summed E-state index contributed by atoms with van der Waals surface area (Å²) in [7, 11) is -2.28. The number of hydrogen-bond acceptors (Lipinski definition) is 7. The maximum Gasteiger partial charge on any atom is 0.249 e. The second-order valence-electron chi connectivity index (χ2n) is 13.0. The molecular weight excluding hydrogens is 578 g/mol. The number of sulfonamides is 1. The number of aromatic nitrogens is 1. The monoisotopic (exact) mass is 629 g/mol. The van der Waals surface area contributed by atoms with Crippen molar-refractivity contribution in [3.63, 3.8) is 0 Å². The minimum atomic E-state index is -3.86. The number of nitrogens with one attached hydrogen (secondary N) is 1. The van der Waals surface area contributed by atoms with Gasteiger partial charge in [-0.25, -0.2) is 8.42 Å². The van der Waals surface area contributed by atoms with Crippen molar-refractivity contribution in [1.82, 2.24) is 24.0 Å². The standard InChI is InChI=1S/C33H51N5O5S/c1-23(2)35-13-15-36(16-14-35)28-10-7-9-27(21-28)34-33(39)26(5)43-22-31-30-11-8-12-37(30)17-18-38(31)44(40,41)32-24(3)19-29(42-6)20-25(32)4/h8,11-12,19-20,23,26-28,31H,7,9-10,13-18,21-22H2,1-6H3,(H,34,39). The zero-order valence-electron chi connectivity index (χ0n) is 27.3. The van der Waals surface area contributed by atoms with Gasteiger partial charge in [-0.1, -0.05) is 0 Å². The first-order valence-electron chi connectivity index (χ1n) is 16.2. The van der Waals surface area contributed by atoms with E-state index >= 15 is 0 Å². The van der Waals surface area contributed by atoms with Gasteiger partial charge in [-0.15, -0.1) is 0 Å². The van der Waals surface area contributed by atoms with E-state index < -0.39 is 22.2 Å². The molecule has 0 radical (unpaired) electrons. The predicted molar refractivity (Wildman–Crippen MR) is 171 cm³/mol. The zero-order chi connectivity index (χ0) is 31.6. The topological polar surface area (TPSA) is 96.3 Å². The SMILES string of the molecule is COc1cc(C)c(S(=O)(=O)N2CCn3cccc3C2COC(C)C(=O)NC2CCCC(N3CCN(C(C)C)CC3)C2)c(C)c1. The van der Waals surface area contributed by atoms with Gasteiger partial charge in [0.05, 0.1) is 24.7 Å². The van der Waals surface area contributed by atoms with E-state index in [0.717, 1.165) is 51.1 Å². The van der Waals surface area contributed by atoms with Gasteiger partial charge < -0.3 is 19.4 Å². The van der Waals surface area contributed by atoms with Crippen molar-refractivity contribution < 1.29 is 22.7 Å². The second kappa shape index (κ2) is 13.9. The van der Waals surface area contributed by atoms with Gasteiger partial charge in [-0.3, -0.25) is 14.6 Å². The lowest BCUT2D eigenvalue weighted by molar-refractivity contribution is -0.133. The van der Waals surface area contributed by atoms with Crippen LogP contribution in [0.15, 0.2) is 35.4 Å². The van der Waals surface area contributed by atoms with Gasteiger partial charge in [0.2, 0.25) is 15.9 Å². The van der Waals surface area contributed by atoms with E-state index in [1.165, 1.54) is 6.42 Å². The van der Waals surface area contributed by atoms with E-state index in [-0.39, 0.29) is 18.6 Å². The molecule has 4 atom stereocenters. The number of carbonyl (C=O) groups excluding carboxylic acids is 1. The smallest absolute Gasteiger partial charge is 0.249 e. The molecule has 3 aliphatic rings. The molecule has 244 valence electrons. The lowest BCUT2D eigenvalue weighted by Gasteiger charge is -2.43. The first kappa shape index (κ1) is 32.9. The van der Waals surface area contributed by atoms with E-state index in [2.05, 4.69) is 33.5 Å². The van der Waals surface area contributed by atoms with Crippen molar-refractivity contribution in [1.29, 1.82) is 0 Å². The molecule has 44 heavy (non-hydrogen) atoms. The van der Waals surface area contributed by atoms with Gasteiger partial charge >= 0.3 is 0 Å². The maximum atomic E-state index is 14.2. The summed E-state index contributed by atoms with van der Waals surface area (Å²) < 4.78 is 43.5. The molecule has 3 heterocycles. The molecule has 10 nitrogen and oxygen atoms in total. The van der Waals surface area contributed by atoms with Crippen LogP contribution >= 0.6 is 0 Å². The Morgan fingerprint density at radius 3 is 2.39 bits per heavy atom. The third kappa shape index (κ3) is 7.02. The van der Waals surface area contributed by atoms with E-state index in [4.69, 9.17) is 9.47 Å². The van der Waals surface area contributed by atoms with Crippen LogP contribution in [0.2, 0.25) is 0 Å². The summed E-state index contributed by atoms with van der Waals surface area (Å²) in [6, 6.07) is 8.04. The molecule has 0 spiro atoms. The number of ether oxygens (including phenoxy) is 2. The average Bonchev–Trinajstić information content (AvgIpc) is 3.48. The van der Waals surface area contributed by atoms with E-state index in [9.17, 15) is 13.2 Å². The van der Waals surface area contributed by atoms with E-state index in [1.807, 2.05) is 18.3 Å². The second-order valence-corrected chi connectivity index (χ2v) is 14.8. The number of aryl methyl sites for hydroxylation is 2. The summed E-state index contributed by atoms with van der Waals surface area (Å²) in [5.74, 6) is 0.492. The highest BCUT2D eigenvalue weighted by Crippen LogP contribution is 2.35. The molecule has 1 aromatic heterocycles. The molecule has 1 saturated heterocycles. The molecule has 5 rings (SSSR count). The molecule has 2 fully saturated rings. The van der Waals surface area contributed by atoms with Crippen LogP contribution in [0, 0.1) is 13.8 Å². The van der Waals surface area contributed by atoms with Gasteiger partial charge in [-0.05, 0) is 95.7 Å². The number of nitrogens with zero attached hydrogens (tertiary/aromatic N) is 4. The van der Waals surface area contributed by atoms with Crippen molar-refractivity contribution in [2.24, 2.45) is 0 Å². The van der Waals surface area contributed by atoms with Crippen molar-refractivity contribution >= 4 is 15.9 Å². The number of hydrogen-bond donors (Lipinski definition) is 1. The zero-order valence-corrected chi connectivity index (χ0v) is 28.1. The number of piperazine rings is 1. The molecule has 1 aromatic carbocycles. The van der Waals surface area contributed by atoms with Gasteiger partial charge in [0.1, 0.15) is 11.9 Å². The molecule has 1 saturated carbocycles. The molecule has 1 N–H and O–H groups in total. The van der Waals surface area contributed by atoms with Gasteiger partial charge in [-0.2, -0.15) is 4.31 Å². The van der Waals surface area contributed by atoms with Crippen LogP contribution < -0.4 is 10.1 Å². The molecule has 4 unspecified atom stereocenters. The van der Waals surface area contributed by atoms with Crippen molar-refractivity contribution in [3.8, 4) is 5.75 Å². The fraction of sp³-hybridized carbons (Fsp3) is 0.667. The van der Waals surface area contributed by atoms with Crippen LogP contribution in [0.5, 0.6) is 5.75 Å². The Balaban J connectivity index is 1.23. The average molecular weight is 630 g/mol. The Morgan fingerprint density at radius 2 is 1.73 bits per heavy atom. The number of methoxy groups -OCH3 is 1. The number of fused-ring (bicyclic) bond motifs is 1. The van der Waals surface area contributed by atoms with Crippen molar-refractivity contribution in [2.75, 3.05) is 46.4 Å². The van der Waals surface area contributed by atoms with Crippen LogP contribution in [0.25, 0.3) is 0 Å². The summed E-state index contributed by atoms with van der Waals surface area (Å²) in [5.41, 5.74) is 2.15. The molecule has 1 aliphatic carbocycles. The highest BCUT2D eigenvalue weighted by molar-refractivity contribution is 7.89. The fourth-order valence-electron chi connectivity index (χ4n) is 7.33. The Hall–Kier alpha value is -2.44. The highest BCUT2D eigenvalue weighted by atomic mass is 32.2. The normalized spacial score (nSPS) is 24.7. The molecule has 11 heteroatoms. The van der Waals surface area contributed by atoms with Gasteiger partial charge in [0, 0.05) is 69.3 Å². The first-order valence-corrected chi connectivity index (χ1v) is 17.7. The lowest BCUT2D eigenvalue weighted by atomic mass is 9.89. The van der Waals surface area contributed by atoms with Crippen LogP contribution in [0.1, 0.15) is 69.3 Å². The summed E-state index contributed by atoms with van der Waals surface area (Å²) >= 11 is 0. The minimum absolute atomic E-state index is 0.0828. The van der Waals surface area contributed by atoms with Crippen LogP contribution in [-0.2, 0) is 26.1 Å². The number of rotatable bonds is 10. The van der Waals surface area contributed by atoms with Crippen LogP contribution in [0.3, 0.4) is 0 Å². The molecule has 1 amide bonds. The summed E-state index contributed by atoms with van der Waals surface area (Å²) in [4.78, 5) is 18.8. The largest absolute Gasteiger partial charge is 0.497 e. The third-order valence-corrected chi connectivity index (χ3v) is 12.0. The lowest BCUT2D eigenvalue weighted by Crippen LogP contribution is -2.54. The summed E-state index contributed by atoms with van der Waals surface area (Å²) in [6.07, 6.45) is 5.48. The van der Waals surface area contributed by atoms with E-state index in [1.54, 1.807) is 44.3 Å². The van der Waals surface area contributed by atoms with E-state index in [0.29, 0.717) is 46.9 Å². The molecule has 0 bridgehead atoms. The van der Waals surface area contributed by atoms with Crippen molar-refractivity contribution in [2.45, 2.75) is 102 Å². The molecular formula is C33H51N5O5S. The molecule has 2 aliphatic heterocycles. The van der Waals surface area contributed by atoms with Crippen molar-refractivity contribution in [3.05, 3.63) is 47.3 Å². The Bertz CT molecular complexity index is 1380. The predicted octanol–water partition coefficient (Wildman–Crippen LogP) is 3.72. The number of benzene rings is 1. The Morgan fingerprint density at radius 1 is 1.02 bits per heavy atom. The summed E-state index contributed by atoms with van der Waals surface area (Å²) in [6.45, 7) is 15.2. The quantitative estimate of drug-likeness (QED) is 0.428.